The van der Waals surface area contributed by atoms with Crippen LogP contribution in [0.5, 0.6) is 0 Å². The molecule has 0 fully saturated rings. The maximum Gasteiger partial charge on any atom is 0.281 e. The van der Waals surface area contributed by atoms with Crippen LogP contribution in [0.4, 0.5) is 5.69 Å². The van der Waals surface area contributed by atoms with Gasteiger partial charge in [0.1, 0.15) is 11.3 Å². The minimum Gasteiger partial charge on any atom is -0.463 e. The van der Waals surface area contributed by atoms with Gasteiger partial charge in [-0.1, -0.05) is 60.7 Å². The molecule has 0 radical (unpaired) electrons. The lowest BCUT2D eigenvalue weighted by atomic mass is 9.96. The van der Waals surface area contributed by atoms with Gasteiger partial charge < -0.3 is 4.42 Å². The summed E-state index contributed by atoms with van der Waals surface area (Å²) in [6.07, 6.45) is 1.67. The first kappa shape index (κ1) is 14.2. The number of fused-ring (bicyclic) bond motifs is 1. The van der Waals surface area contributed by atoms with Crippen molar-refractivity contribution in [2.45, 2.75) is 0 Å². The molecule has 2 aliphatic rings. The average Bonchev–Trinajstić information content (AvgIpc) is 3.08. The van der Waals surface area contributed by atoms with Crippen molar-refractivity contribution in [2.24, 2.45) is 0 Å². The second kappa shape index (κ2) is 5.66. The van der Waals surface area contributed by atoms with Crippen molar-refractivity contribution in [3.63, 3.8) is 0 Å². The molecule has 0 aromatic heterocycles. The first-order valence-electron chi connectivity index (χ1n) is 7.55. The van der Waals surface area contributed by atoms with Crippen LogP contribution >= 0.6 is 0 Å². The van der Waals surface area contributed by atoms with Crippen LogP contribution in [-0.2, 0) is 0 Å². The third-order valence-electron chi connectivity index (χ3n) is 4.06. The van der Waals surface area contributed by atoms with E-state index >= 15 is 0 Å². The monoisotopic (exact) mass is 315 g/mol. The predicted molar refractivity (Wildman–Crippen MR) is 92.9 cm³/mol. The van der Waals surface area contributed by atoms with Crippen LogP contribution in [0, 0.1) is 10.1 Å². The quantitative estimate of drug-likeness (QED) is 0.364. The second-order valence-electron chi connectivity index (χ2n) is 5.47. The highest BCUT2D eigenvalue weighted by atomic mass is 16.6. The number of nitro groups is 1. The molecular weight excluding hydrogens is 302 g/mol. The Hall–Kier alpha value is -3.40. The lowest BCUT2D eigenvalue weighted by molar-refractivity contribution is -0.383. The molecule has 4 nitrogen and oxygen atoms in total. The maximum absolute atomic E-state index is 11.5. The number of benzene rings is 2. The zero-order valence-electron chi connectivity index (χ0n) is 12.7. The van der Waals surface area contributed by atoms with E-state index < -0.39 is 0 Å². The smallest absolute Gasteiger partial charge is 0.281 e. The molecule has 0 spiro atoms. The topological polar surface area (TPSA) is 56.3 Å². The Bertz CT molecular complexity index is 975. The molecule has 2 aromatic rings. The minimum absolute atomic E-state index is 0.0605. The highest BCUT2D eigenvalue weighted by Crippen LogP contribution is 2.46. The normalized spacial score (nSPS) is 10.8. The molecule has 1 aliphatic heterocycles. The van der Waals surface area contributed by atoms with Crippen molar-refractivity contribution in [1.29, 1.82) is 0 Å². The summed E-state index contributed by atoms with van der Waals surface area (Å²) < 4.78 is 5.86. The molecule has 1 heterocycles. The Morgan fingerprint density at radius 2 is 1.38 bits per heavy atom. The van der Waals surface area contributed by atoms with Gasteiger partial charge >= 0.3 is 0 Å². The van der Waals surface area contributed by atoms with Crippen LogP contribution in [0.25, 0.3) is 33.6 Å². The van der Waals surface area contributed by atoms with E-state index in [1.54, 1.807) is 18.4 Å². The predicted octanol–water partition coefficient (Wildman–Crippen LogP) is 5.63. The first-order valence-corrected chi connectivity index (χ1v) is 7.55. The Morgan fingerprint density at radius 1 is 0.750 bits per heavy atom. The van der Waals surface area contributed by atoms with Gasteiger partial charge in [0.15, 0.2) is 0 Å². The summed E-state index contributed by atoms with van der Waals surface area (Å²) in [5.74, 6) is 0.516. The van der Waals surface area contributed by atoms with Gasteiger partial charge in [-0.3, -0.25) is 10.1 Å². The summed E-state index contributed by atoms with van der Waals surface area (Å²) in [5, 5.41) is 11.5. The van der Waals surface area contributed by atoms with E-state index in [1.165, 1.54) is 0 Å². The van der Waals surface area contributed by atoms with Crippen molar-refractivity contribution in [3.05, 3.63) is 89.2 Å². The van der Waals surface area contributed by atoms with Crippen molar-refractivity contribution < 1.29 is 9.34 Å². The Kier molecular flexibility index (Phi) is 3.35. The van der Waals surface area contributed by atoms with Gasteiger partial charge in [0.05, 0.1) is 11.2 Å². The summed E-state index contributed by atoms with van der Waals surface area (Å²) in [6.45, 7) is 0. The fourth-order valence-electron chi connectivity index (χ4n) is 2.97. The lowest BCUT2D eigenvalue weighted by Crippen LogP contribution is -1.93. The summed E-state index contributed by atoms with van der Waals surface area (Å²) in [4.78, 5) is 11.1. The molecule has 0 bridgehead atoms. The largest absolute Gasteiger partial charge is 0.463 e. The molecule has 4 rings (SSSR count). The van der Waals surface area contributed by atoms with Crippen LogP contribution < -0.4 is 0 Å². The first-order chi connectivity index (χ1) is 11.8. The standard InChI is InChI=1S/C20H13NO3/c22-21(23)18-12-11-16-17(14-7-3-1-4-8-14)13-24-20(19(16)18)15-9-5-2-6-10-15/h1-13H. The SMILES string of the molecule is O=[N+]([O-])c1ccc2c(-c3ccccc3)coc(-c3ccccc3)c1-2. The molecule has 24 heavy (non-hydrogen) atoms. The molecule has 116 valence electrons. The molecular formula is C20H13NO3. The van der Waals surface area contributed by atoms with Gasteiger partial charge in [0, 0.05) is 22.8 Å². The van der Waals surface area contributed by atoms with Crippen molar-refractivity contribution in [2.75, 3.05) is 0 Å². The van der Waals surface area contributed by atoms with Gasteiger partial charge in [-0.05, 0) is 11.6 Å². The summed E-state index contributed by atoms with van der Waals surface area (Å²) in [5.41, 5.74) is 4.04. The van der Waals surface area contributed by atoms with Crippen LogP contribution in [0.2, 0.25) is 0 Å². The van der Waals surface area contributed by atoms with E-state index in [9.17, 15) is 10.1 Å². The van der Waals surface area contributed by atoms with Crippen molar-refractivity contribution >= 4 is 5.69 Å². The van der Waals surface area contributed by atoms with Crippen molar-refractivity contribution in [3.8, 4) is 33.6 Å². The molecule has 1 aliphatic carbocycles. The molecule has 2 aromatic carbocycles. The Labute approximate surface area is 138 Å². The van der Waals surface area contributed by atoms with E-state index in [0.717, 1.165) is 22.3 Å². The van der Waals surface area contributed by atoms with E-state index in [2.05, 4.69) is 0 Å². The van der Waals surface area contributed by atoms with Gasteiger partial charge in [-0.2, -0.15) is 0 Å². The van der Waals surface area contributed by atoms with Gasteiger partial charge in [0.2, 0.25) is 0 Å². The van der Waals surface area contributed by atoms with Crippen LogP contribution in [0.3, 0.4) is 0 Å². The number of hydrogen-bond donors (Lipinski definition) is 0. The van der Waals surface area contributed by atoms with E-state index in [-0.39, 0.29) is 10.6 Å². The molecule has 0 saturated heterocycles. The van der Waals surface area contributed by atoms with Crippen LogP contribution in [0.1, 0.15) is 0 Å². The molecule has 4 heteroatoms. The van der Waals surface area contributed by atoms with Gasteiger partial charge in [-0.25, -0.2) is 0 Å². The highest BCUT2D eigenvalue weighted by molar-refractivity contribution is 5.96. The maximum atomic E-state index is 11.5. The number of nitrogens with zero attached hydrogens (tertiary/aromatic N) is 1. The molecule has 0 atom stereocenters. The summed E-state index contributed by atoms with van der Waals surface area (Å²) in [6, 6.07) is 22.5. The fourth-order valence-corrected chi connectivity index (χ4v) is 2.97. The third-order valence-corrected chi connectivity index (χ3v) is 4.06. The summed E-state index contributed by atoms with van der Waals surface area (Å²) >= 11 is 0. The average molecular weight is 315 g/mol. The zero-order valence-corrected chi connectivity index (χ0v) is 12.7. The Balaban J connectivity index is 2.01. The summed E-state index contributed by atoms with van der Waals surface area (Å²) in [7, 11) is 0. The van der Waals surface area contributed by atoms with E-state index in [1.807, 2.05) is 60.7 Å². The zero-order chi connectivity index (χ0) is 16.5. The highest BCUT2D eigenvalue weighted by Gasteiger charge is 2.27. The van der Waals surface area contributed by atoms with Gasteiger partial charge in [-0.15, -0.1) is 0 Å². The molecule has 0 saturated carbocycles. The third kappa shape index (κ3) is 2.25. The van der Waals surface area contributed by atoms with Gasteiger partial charge in [0.25, 0.3) is 5.69 Å². The van der Waals surface area contributed by atoms with E-state index in [0.29, 0.717) is 11.3 Å². The molecule has 0 N–H and O–H groups in total. The molecule has 0 unspecified atom stereocenters. The second-order valence-corrected chi connectivity index (χ2v) is 5.47. The Morgan fingerprint density at radius 3 is 2.00 bits per heavy atom. The number of hydrogen-bond acceptors (Lipinski definition) is 3. The fraction of sp³-hybridized carbons (Fsp3) is 0. The molecule has 0 amide bonds. The van der Waals surface area contributed by atoms with E-state index in [4.69, 9.17) is 4.42 Å². The van der Waals surface area contributed by atoms with Crippen LogP contribution in [0.15, 0.2) is 83.5 Å². The minimum atomic E-state index is -0.362. The van der Waals surface area contributed by atoms with Crippen LogP contribution in [-0.4, -0.2) is 4.92 Å². The van der Waals surface area contributed by atoms with Crippen molar-refractivity contribution in [1.82, 2.24) is 0 Å². The number of rotatable bonds is 3. The lowest BCUT2D eigenvalue weighted by Gasteiger charge is -2.12.